The van der Waals surface area contributed by atoms with Gasteiger partial charge in [-0.3, -0.25) is 19.6 Å². The van der Waals surface area contributed by atoms with Crippen molar-refractivity contribution in [1.29, 1.82) is 0 Å². The van der Waals surface area contributed by atoms with Gasteiger partial charge in [-0.25, -0.2) is 0 Å². The minimum Gasteiger partial charge on any atom is -0.507 e. The smallest absolute Gasteiger partial charge is 0.295 e. The molecular weight excluding hydrogens is 402 g/mol. The van der Waals surface area contributed by atoms with Crippen LogP contribution in [0.1, 0.15) is 46.7 Å². The number of aliphatic hydroxyl groups is 1. The summed E-state index contributed by atoms with van der Waals surface area (Å²) in [5.74, 6) is -1.44. The number of Topliss-reactive ketones (excluding diaryl/α,β-unsaturated/α-hetero) is 1. The molecule has 0 bridgehead atoms. The molecule has 32 heavy (non-hydrogen) atoms. The Morgan fingerprint density at radius 1 is 0.969 bits per heavy atom. The second-order valence-electron chi connectivity index (χ2n) is 8.26. The topological polar surface area (TPSA) is 83.4 Å². The minimum absolute atomic E-state index is 0.104. The SMILES string of the molecule is O=C1C(=O)N(Cc2ccncc2)C(c2cccnc2)/C1=C(/O)c1ccc2c(c1)CCCC2. The molecule has 2 aliphatic rings. The van der Waals surface area contributed by atoms with Crippen molar-refractivity contribution >= 4 is 17.4 Å². The lowest BCUT2D eigenvalue weighted by atomic mass is 9.89. The average molecular weight is 425 g/mol. The van der Waals surface area contributed by atoms with Gasteiger partial charge in [0, 0.05) is 36.9 Å². The Morgan fingerprint density at radius 3 is 2.50 bits per heavy atom. The molecular formula is C26H23N3O3. The van der Waals surface area contributed by atoms with Crippen LogP contribution >= 0.6 is 0 Å². The average Bonchev–Trinajstić information content (AvgIpc) is 3.09. The van der Waals surface area contributed by atoms with Crippen LogP contribution in [0.15, 0.2) is 72.8 Å². The lowest BCUT2D eigenvalue weighted by Gasteiger charge is -2.25. The normalized spacial score (nSPS) is 19.8. The first-order valence-electron chi connectivity index (χ1n) is 10.8. The molecule has 0 spiro atoms. The Morgan fingerprint density at radius 2 is 1.75 bits per heavy atom. The van der Waals surface area contributed by atoms with Crippen molar-refractivity contribution in [3.05, 3.63) is 101 Å². The lowest BCUT2D eigenvalue weighted by molar-refractivity contribution is -0.140. The summed E-state index contributed by atoms with van der Waals surface area (Å²) in [4.78, 5) is 35.9. The van der Waals surface area contributed by atoms with E-state index in [0.717, 1.165) is 24.8 Å². The Labute approximate surface area is 186 Å². The van der Waals surface area contributed by atoms with Crippen LogP contribution in [0.25, 0.3) is 5.76 Å². The number of hydrogen-bond acceptors (Lipinski definition) is 5. The number of hydrogen-bond donors (Lipinski definition) is 1. The molecule has 3 heterocycles. The number of fused-ring (bicyclic) bond motifs is 1. The van der Waals surface area contributed by atoms with Crippen LogP contribution in [-0.2, 0) is 29.0 Å². The number of aromatic nitrogens is 2. The van der Waals surface area contributed by atoms with Crippen molar-refractivity contribution < 1.29 is 14.7 Å². The molecule has 1 aromatic carbocycles. The fourth-order valence-corrected chi connectivity index (χ4v) is 4.65. The van der Waals surface area contributed by atoms with Crippen molar-refractivity contribution in [2.24, 2.45) is 0 Å². The quantitative estimate of drug-likeness (QED) is 0.388. The number of carbonyl (C=O) groups is 2. The molecule has 6 nitrogen and oxygen atoms in total. The van der Waals surface area contributed by atoms with Gasteiger partial charge in [0.05, 0.1) is 11.6 Å². The van der Waals surface area contributed by atoms with Gasteiger partial charge in [-0.15, -0.1) is 0 Å². The standard InChI is InChI=1S/C26H23N3O3/c30-24(20-8-7-18-4-1-2-5-19(18)14-20)22-23(21-6-3-11-28-15-21)29(26(32)25(22)31)16-17-9-12-27-13-10-17/h3,6-15,23,30H,1-2,4-5,16H2/b24-22-. The van der Waals surface area contributed by atoms with Gasteiger partial charge < -0.3 is 10.0 Å². The van der Waals surface area contributed by atoms with E-state index in [1.807, 2.05) is 36.4 Å². The summed E-state index contributed by atoms with van der Waals surface area (Å²) >= 11 is 0. The molecule has 1 amide bonds. The van der Waals surface area contributed by atoms with Gasteiger partial charge >= 0.3 is 0 Å². The molecule has 0 radical (unpaired) electrons. The molecule has 1 N–H and O–H groups in total. The second kappa shape index (κ2) is 8.38. The number of aryl methyl sites for hydroxylation is 2. The van der Waals surface area contributed by atoms with Crippen molar-refractivity contribution in [1.82, 2.24) is 14.9 Å². The Balaban J connectivity index is 1.62. The molecule has 1 fully saturated rings. The third kappa shape index (κ3) is 3.58. The summed E-state index contributed by atoms with van der Waals surface area (Å²) in [6.45, 7) is 0.230. The Kier molecular flexibility index (Phi) is 5.27. The minimum atomic E-state index is -0.715. The van der Waals surface area contributed by atoms with Crippen LogP contribution in [0, 0.1) is 0 Å². The number of rotatable bonds is 4. The maximum Gasteiger partial charge on any atom is 0.295 e. The molecule has 1 aliphatic heterocycles. The van der Waals surface area contributed by atoms with Crippen LogP contribution in [0.5, 0.6) is 0 Å². The fourth-order valence-electron chi connectivity index (χ4n) is 4.65. The first kappa shape index (κ1) is 20.1. The van der Waals surface area contributed by atoms with Gasteiger partial charge in [0.1, 0.15) is 5.76 Å². The number of likely N-dealkylation sites (tertiary alicyclic amines) is 1. The number of amides is 1. The Bertz CT molecular complexity index is 1210. The number of aliphatic hydroxyl groups excluding tert-OH is 1. The van der Waals surface area contributed by atoms with E-state index in [1.54, 1.807) is 30.9 Å². The van der Waals surface area contributed by atoms with E-state index in [-0.39, 0.29) is 17.9 Å². The monoisotopic (exact) mass is 425 g/mol. The molecule has 160 valence electrons. The van der Waals surface area contributed by atoms with Gasteiger partial charge in [-0.1, -0.05) is 18.2 Å². The van der Waals surface area contributed by atoms with Crippen molar-refractivity contribution in [3.63, 3.8) is 0 Å². The molecule has 2 aromatic heterocycles. The Hall–Kier alpha value is -3.80. The highest BCUT2D eigenvalue weighted by Gasteiger charge is 2.46. The molecule has 6 heteroatoms. The molecule has 5 rings (SSSR count). The van der Waals surface area contributed by atoms with Crippen LogP contribution in [-0.4, -0.2) is 31.7 Å². The third-order valence-corrected chi connectivity index (χ3v) is 6.26. The van der Waals surface area contributed by atoms with E-state index in [9.17, 15) is 14.7 Å². The third-order valence-electron chi connectivity index (χ3n) is 6.26. The lowest BCUT2D eigenvalue weighted by Crippen LogP contribution is -2.29. The zero-order chi connectivity index (χ0) is 22.1. The molecule has 1 unspecified atom stereocenters. The molecule has 3 aromatic rings. The van der Waals surface area contributed by atoms with Crippen LogP contribution in [0.3, 0.4) is 0 Å². The summed E-state index contributed by atoms with van der Waals surface area (Å²) in [6, 6.07) is 12.3. The summed E-state index contributed by atoms with van der Waals surface area (Å²) in [6.07, 6.45) is 10.8. The van der Waals surface area contributed by atoms with Crippen molar-refractivity contribution in [3.8, 4) is 0 Å². The summed E-state index contributed by atoms with van der Waals surface area (Å²) in [7, 11) is 0. The summed E-state index contributed by atoms with van der Waals surface area (Å²) < 4.78 is 0. The van der Waals surface area contributed by atoms with E-state index in [1.165, 1.54) is 22.4 Å². The highest BCUT2D eigenvalue weighted by molar-refractivity contribution is 6.46. The van der Waals surface area contributed by atoms with E-state index in [2.05, 4.69) is 9.97 Å². The number of carbonyl (C=O) groups excluding carboxylic acids is 2. The van der Waals surface area contributed by atoms with E-state index in [4.69, 9.17) is 0 Å². The van der Waals surface area contributed by atoms with Gasteiger partial charge in [0.2, 0.25) is 0 Å². The van der Waals surface area contributed by atoms with Crippen molar-refractivity contribution in [2.75, 3.05) is 0 Å². The van der Waals surface area contributed by atoms with E-state index < -0.39 is 17.7 Å². The van der Waals surface area contributed by atoms with Gasteiger partial charge in [-0.05, 0) is 72.2 Å². The summed E-state index contributed by atoms with van der Waals surface area (Å²) in [5, 5.41) is 11.3. The number of ketones is 1. The maximum atomic E-state index is 13.2. The van der Waals surface area contributed by atoms with Crippen molar-refractivity contribution in [2.45, 2.75) is 38.3 Å². The molecule has 1 atom stereocenters. The maximum absolute atomic E-state index is 13.2. The number of benzene rings is 1. The highest BCUT2D eigenvalue weighted by atomic mass is 16.3. The predicted molar refractivity (Wildman–Crippen MR) is 119 cm³/mol. The molecule has 0 saturated carbocycles. The van der Waals surface area contributed by atoms with Crippen LogP contribution in [0.4, 0.5) is 0 Å². The molecule has 1 saturated heterocycles. The largest absolute Gasteiger partial charge is 0.507 e. The number of pyridine rings is 2. The van der Waals surface area contributed by atoms with Crippen LogP contribution in [0.2, 0.25) is 0 Å². The first-order chi connectivity index (χ1) is 15.6. The zero-order valence-corrected chi connectivity index (χ0v) is 17.6. The second-order valence-corrected chi connectivity index (χ2v) is 8.26. The number of nitrogens with zero attached hydrogens (tertiary/aromatic N) is 3. The van der Waals surface area contributed by atoms with Gasteiger partial charge in [0.15, 0.2) is 0 Å². The summed E-state index contributed by atoms with van der Waals surface area (Å²) in [5.41, 5.74) is 4.69. The van der Waals surface area contributed by atoms with Gasteiger partial charge in [0.25, 0.3) is 11.7 Å². The van der Waals surface area contributed by atoms with E-state index in [0.29, 0.717) is 11.1 Å². The molecule has 1 aliphatic carbocycles. The first-order valence-corrected chi connectivity index (χ1v) is 10.8. The van der Waals surface area contributed by atoms with Crippen LogP contribution < -0.4 is 0 Å². The van der Waals surface area contributed by atoms with Gasteiger partial charge in [-0.2, -0.15) is 0 Å². The highest BCUT2D eigenvalue weighted by Crippen LogP contribution is 2.40. The predicted octanol–water partition coefficient (Wildman–Crippen LogP) is 3.98. The fraction of sp³-hybridized carbons (Fsp3) is 0.231. The zero-order valence-electron chi connectivity index (χ0n) is 17.6. The van der Waals surface area contributed by atoms with E-state index >= 15 is 0 Å².